The van der Waals surface area contributed by atoms with Gasteiger partial charge in [0.1, 0.15) is 11.8 Å². The number of aliphatic carboxylic acids is 1. The smallest absolute Gasteiger partial charge is 0.326 e. The highest BCUT2D eigenvalue weighted by Crippen LogP contribution is 2.49. The van der Waals surface area contributed by atoms with Gasteiger partial charge in [-0.15, -0.1) is 0 Å². The Labute approximate surface area is 256 Å². The van der Waals surface area contributed by atoms with Crippen LogP contribution in [0.1, 0.15) is 75.6 Å². The number of carboxylic acids is 1. The molecular formula is C37H46N2O4. The Balaban J connectivity index is 1.58. The lowest BCUT2D eigenvalue weighted by Crippen LogP contribution is -2.49. The van der Waals surface area contributed by atoms with Crippen LogP contribution in [0.15, 0.2) is 72.8 Å². The molecule has 2 aliphatic rings. The molecule has 0 spiro atoms. The first-order chi connectivity index (χ1) is 20.6. The summed E-state index contributed by atoms with van der Waals surface area (Å²) >= 11 is 0. The van der Waals surface area contributed by atoms with Gasteiger partial charge in [-0.2, -0.15) is 0 Å². The summed E-state index contributed by atoms with van der Waals surface area (Å²) in [5.41, 5.74) is 5.03. The molecule has 1 aliphatic carbocycles. The minimum atomic E-state index is -0.937. The number of carboxylic acid groups (broad SMARTS) is 1. The molecule has 6 nitrogen and oxygen atoms in total. The highest BCUT2D eigenvalue weighted by Gasteiger charge is 2.58. The Morgan fingerprint density at radius 1 is 0.953 bits per heavy atom. The van der Waals surface area contributed by atoms with Crippen LogP contribution in [-0.2, 0) is 16.1 Å². The first-order valence-electron chi connectivity index (χ1n) is 15.7. The number of ether oxygens (including phenoxy) is 1. The number of nitrogens with zero attached hydrogens (tertiary/aromatic N) is 1. The summed E-state index contributed by atoms with van der Waals surface area (Å²) in [4.78, 5) is 29.2. The number of methoxy groups -OCH3 is 1. The SMILES string of the molecule is COc1ccc(-c2ccccc2C)cc1CN[C@H]1[C@H](C(C)(C)C)[C@@H](C(=O)O)N(C(=O)C2CCCCC2)[C@H]1c1ccccc1. The third-order valence-corrected chi connectivity index (χ3v) is 9.53. The van der Waals surface area contributed by atoms with Gasteiger partial charge in [-0.3, -0.25) is 4.79 Å². The largest absolute Gasteiger partial charge is 0.496 e. The van der Waals surface area contributed by atoms with Crippen LogP contribution >= 0.6 is 0 Å². The molecule has 1 saturated heterocycles. The van der Waals surface area contributed by atoms with Crippen molar-refractivity contribution in [1.82, 2.24) is 10.2 Å². The van der Waals surface area contributed by atoms with Crippen molar-refractivity contribution >= 4 is 11.9 Å². The van der Waals surface area contributed by atoms with E-state index < -0.39 is 18.1 Å². The van der Waals surface area contributed by atoms with E-state index in [0.29, 0.717) is 6.54 Å². The lowest BCUT2D eigenvalue weighted by molar-refractivity contribution is -0.154. The Morgan fingerprint density at radius 3 is 2.26 bits per heavy atom. The summed E-state index contributed by atoms with van der Waals surface area (Å²) in [6.07, 6.45) is 4.81. The maximum absolute atomic E-state index is 14.3. The number of carbonyl (C=O) groups is 2. The molecule has 1 aliphatic heterocycles. The number of likely N-dealkylation sites (tertiary alicyclic amines) is 1. The number of amides is 1. The van der Waals surface area contributed by atoms with Crippen molar-refractivity contribution in [2.45, 2.75) is 84.5 Å². The number of carbonyl (C=O) groups excluding carboxylic acids is 1. The second kappa shape index (κ2) is 12.9. The fourth-order valence-corrected chi connectivity index (χ4v) is 7.50. The van der Waals surface area contributed by atoms with Crippen LogP contribution in [0, 0.1) is 24.2 Å². The number of hydrogen-bond donors (Lipinski definition) is 2. The van der Waals surface area contributed by atoms with Gasteiger partial charge in [-0.1, -0.05) is 101 Å². The Bertz CT molecular complexity index is 1420. The quantitative estimate of drug-likeness (QED) is 0.289. The molecule has 2 N–H and O–H groups in total. The van der Waals surface area contributed by atoms with Crippen LogP contribution in [-0.4, -0.2) is 41.1 Å². The summed E-state index contributed by atoms with van der Waals surface area (Å²) in [5, 5.41) is 14.6. The van der Waals surface area contributed by atoms with E-state index in [0.717, 1.165) is 60.1 Å². The van der Waals surface area contributed by atoms with E-state index in [1.54, 1.807) is 12.0 Å². The maximum Gasteiger partial charge on any atom is 0.326 e. The van der Waals surface area contributed by atoms with Gasteiger partial charge in [-0.25, -0.2) is 4.79 Å². The van der Waals surface area contributed by atoms with Crippen LogP contribution in [0.25, 0.3) is 11.1 Å². The van der Waals surface area contributed by atoms with E-state index in [4.69, 9.17) is 4.74 Å². The zero-order chi connectivity index (χ0) is 30.7. The normalized spacial score (nSPS) is 22.9. The molecular weight excluding hydrogens is 536 g/mol. The highest BCUT2D eigenvalue weighted by molar-refractivity contribution is 5.87. The summed E-state index contributed by atoms with van der Waals surface area (Å²) in [6.45, 7) is 8.87. The van der Waals surface area contributed by atoms with E-state index in [1.807, 2.05) is 48.5 Å². The molecule has 1 saturated carbocycles. The van der Waals surface area contributed by atoms with Gasteiger partial charge in [0.15, 0.2) is 0 Å². The van der Waals surface area contributed by atoms with E-state index in [1.165, 1.54) is 5.56 Å². The van der Waals surface area contributed by atoms with Crippen LogP contribution in [0.2, 0.25) is 0 Å². The molecule has 3 aromatic rings. The van der Waals surface area contributed by atoms with Crippen LogP contribution in [0.4, 0.5) is 0 Å². The second-order valence-corrected chi connectivity index (χ2v) is 13.4. The molecule has 0 unspecified atom stereocenters. The summed E-state index contributed by atoms with van der Waals surface area (Å²) in [5.74, 6) is -0.635. The highest BCUT2D eigenvalue weighted by atomic mass is 16.5. The number of nitrogens with one attached hydrogen (secondary N) is 1. The Kier molecular flexibility index (Phi) is 9.26. The lowest BCUT2D eigenvalue weighted by Gasteiger charge is -2.36. The molecule has 0 bridgehead atoms. The molecule has 4 atom stereocenters. The van der Waals surface area contributed by atoms with E-state index in [9.17, 15) is 14.7 Å². The third kappa shape index (κ3) is 6.35. The molecule has 6 heteroatoms. The molecule has 228 valence electrons. The predicted octanol–water partition coefficient (Wildman–Crippen LogP) is 7.41. The average Bonchev–Trinajstić information content (AvgIpc) is 3.37. The molecule has 1 amide bonds. The van der Waals surface area contributed by atoms with Crippen molar-refractivity contribution in [2.75, 3.05) is 7.11 Å². The monoisotopic (exact) mass is 582 g/mol. The minimum Gasteiger partial charge on any atom is -0.496 e. The molecule has 5 rings (SSSR count). The van der Waals surface area contributed by atoms with Crippen LogP contribution in [0.3, 0.4) is 0 Å². The average molecular weight is 583 g/mol. The number of hydrogen-bond acceptors (Lipinski definition) is 4. The fraction of sp³-hybridized carbons (Fsp3) is 0.459. The number of rotatable bonds is 8. The van der Waals surface area contributed by atoms with Gasteiger partial charge < -0.3 is 20.1 Å². The van der Waals surface area contributed by atoms with Gasteiger partial charge >= 0.3 is 5.97 Å². The summed E-state index contributed by atoms with van der Waals surface area (Å²) in [7, 11) is 1.68. The molecule has 1 heterocycles. The van der Waals surface area contributed by atoms with E-state index in [2.05, 4.69) is 57.3 Å². The molecule has 0 aromatic heterocycles. The molecule has 0 radical (unpaired) electrons. The Hall–Kier alpha value is -3.64. The van der Waals surface area contributed by atoms with Gasteiger partial charge in [0, 0.05) is 30.0 Å². The van der Waals surface area contributed by atoms with Crippen molar-refractivity contribution in [3.8, 4) is 16.9 Å². The molecule has 2 fully saturated rings. The topological polar surface area (TPSA) is 78.9 Å². The fourth-order valence-electron chi connectivity index (χ4n) is 7.50. The van der Waals surface area contributed by atoms with Gasteiger partial charge in [0.2, 0.25) is 5.91 Å². The molecule has 3 aromatic carbocycles. The first-order valence-corrected chi connectivity index (χ1v) is 15.7. The number of aryl methyl sites for hydroxylation is 1. The van der Waals surface area contributed by atoms with E-state index >= 15 is 0 Å². The van der Waals surface area contributed by atoms with Crippen molar-refractivity contribution in [2.24, 2.45) is 17.3 Å². The van der Waals surface area contributed by atoms with E-state index in [-0.39, 0.29) is 29.2 Å². The predicted molar refractivity (Wildman–Crippen MR) is 171 cm³/mol. The standard InChI is InChI=1S/C37H46N2O4/c1-24-14-12-13-19-29(24)27-20-21-30(43-5)28(22-27)23-38-32-31(37(2,3)4)34(36(41)42)39(33(32)25-15-8-6-9-16-25)35(40)26-17-10-7-11-18-26/h6,8-9,12-16,19-22,26,31-34,38H,7,10-11,17-18,23H2,1-5H3,(H,41,42)/t31-,32-,33-,34-/m0/s1. The zero-order valence-corrected chi connectivity index (χ0v) is 26.2. The summed E-state index contributed by atoms with van der Waals surface area (Å²) in [6, 6.07) is 22.9. The summed E-state index contributed by atoms with van der Waals surface area (Å²) < 4.78 is 5.79. The number of benzene rings is 3. The van der Waals surface area contributed by atoms with Gasteiger partial charge in [0.05, 0.1) is 13.2 Å². The minimum absolute atomic E-state index is 0.0152. The maximum atomic E-state index is 14.3. The van der Waals surface area contributed by atoms with Crippen molar-refractivity contribution in [3.63, 3.8) is 0 Å². The first kappa shape index (κ1) is 30.8. The van der Waals surface area contributed by atoms with Gasteiger partial charge in [-0.05, 0) is 59.6 Å². The van der Waals surface area contributed by atoms with Gasteiger partial charge in [0.25, 0.3) is 0 Å². The van der Waals surface area contributed by atoms with Crippen LogP contribution in [0.5, 0.6) is 5.75 Å². The molecule has 43 heavy (non-hydrogen) atoms. The zero-order valence-electron chi connectivity index (χ0n) is 26.2. The van der Waals surface area contributed by atoms with Crippen LogP contribution < -0.4 is 10.1 Å². The Morgan fingerprint density at radius 2 is 1.63 bits per heavy atom. The van der Waals surface area contributed by atoms with Crippen molar-refractivity contribution < 1.29 is 19.4 Å². The lowest BCUT2D eigenvalue weighted by atomic mass is 9.72. The third-order valence-electron chi connectivity index (χ3n) is 9.53. The second-order valence-electron chi connectivity index (χ2n) is 13.4. The van der Waals surface area contributed by atoms with Crippen molar-refractivity contribution in [3.05, 3.63) is 89.5 Å². The van der Waals surface area contributed by atoms with Crippen molar-refractivity contribution in [1.29, 1.82) is 0 Å².